The van der Waals surface area contributed by atoms with Crippen LogP contribution in [-0.4, -0.2) is 39.1 Å². The highest BCUT2D eigenvalue weighted by molar-refractivity contribution is 5.91. The molecule has 1 N–H and O–H groups in total. The molecule has 0 spiro atoms. The molecule has 0 aliphatic carbocycles. The molecule has 1 amide bonds. The number of aromatic nitrogens is 3. The topological polar surface area (TPSA) is 75.0 Å². The smallest absolute Gasteiger partial charge is 0.291 e. The van der Waals surface area contributed by atoms with Gasteiger partial charge >= 0.3 is 0 Å². The van der Waals surface area contributed by atoms with E-state index in [-0.39, 0.29) is 5.91 Å². The van der Waals surface area contributed by atoms with Crippen molar-refractivity contribution in [2.24, 2.45) is 5.92 Å². The van der Waals surface area contributed by atoms with Crippen LogP contribution in [0.4, 0.5) is 0 Å². The van der Waals surface area contributed by atoms with Gasteiger partial charge in [-0.05, 0) is 31.2 Å². The predicted octanol–water partition coefficient (Wildman–Crippen LogP) is 1.49. The highest BCUT2D eigenvalue weighted by Gasteiger charge is 2.26. The van der Waals surface area contributed by atoms with Crippen molar-refractivity contribution < 1.29 is 9.21 Å². The lowest BCUT2D eigenvalue weighted by Crippen LogP contribution is -2.40. The molecule has 2 aromatic rings. The number of carbonyl (C=O) groups is 1. The lowest BCUT2D eigenvalue weighted by Gasteiger charge is -2.31. The van der Waals surface area contributed by atoms with Crippen molar-refractivity contribution >= 4 is 5.91 Å². The SMILES string of the molecule is O=C(c1cnco1)N1CCC[C@@H](Cc2ccn[nH]2)C1. The Bertz CT molecular complexity index is 521. The summed E-state index contributed by atoms with van der Waals surface area (Å²) in [4.78, 5) is 17.8. The third kappa shape index (κ3) is 2.67. The predicted molar refractivity (Wildman–Crippen MR) is 67.4 cm³/mol. The van der Waals surface area contributed by atoms with Gasteiger partial charge in [0, 0.05) is 25.0 Å². The van der Waals surface area contributed by atoms with Crippen LogP contribution in [-0.2, 0) is 6.42 Å². The number of piperidine rings is 1. The van der Waals surface area contributed by atoms with E-state index >= 15 is 0 Å². The van der Waals surface area contributed by atoms with Crippen molar-refractivity contribution in [3.63, 3.8) is 0 Å². The van der Waals surface area contributed by atoms with E-state index in [1.807, 2.05) is 11.0 Å². The van der Waals surface area contributed by atoms with Gasteiger partial charge in [0.05, 0.1) is 6.20 Å². The fourth-order valence-electron chi connectivity index (χ4n) is 2.60. The average Bonchev–Trinajstić information content (AvgIpc) is 3.11. The van der Waals surface area contributed by atoms with Gasteiger partial charge in [-0.15, -0.1) is 0 Å². The molecule has 0 unspecified atom stereocenters. The van der Waals surface area contributed by atoms with E-state index in [0.717, 1.165) is 38.0 Å². The quantitative estimate of drug-likeness (QED) is 0.907. The minimum atomic E-state index is -0.0631. The van der Waals surface area contributed by atoms with Crippen molar-refractivity contribution in [2.75, 3.05) is 13.1 Å². The molecular weight excluding hydrogens is 244 g/mol. The minimum absolute atomic E-state index is 0.0631. The second-order valence-electron chi connectivity index (χ2n) is 4.91. The van der Waals surface area contributed by atoms with Gasteiger partial charge in [0.2, 0.25) is 5.76 Å². The molecule has 0 bridgehead atoms. The maximum absolute atomic E-state index is 12.2. The first-order valence-corrected chi connectivity index (χ1v) is 6.49. The van der Waals surface area contributed by atoms with E-state index in [1.165, 1.54) is 12.6 Å². The molecular formula is C13H16N4O2. The molecule has 0 aromatic carbocycles. The summed E-state index contributed by atoms with van der Waals surface area (Å²) in [6.45, 7) is 1.55. The average molecular weight is 260 g/mol. The number of nitrogens with one attached hydrogen (secondary N) is 1. The number of hydrogen-bond acceptors (Lipinski definition) is 4. The zero-order chi connectivity index (χ0) is 13.1. The first kappa shape index (κ1) is 12.0. The van der Waals surface area contributed by atoms with E-state index in [1.54, 1.807) is 6.20 Å². The highest BCUT2D eigenvalue weighted by atomic mass is 16.3. The molecule has 0 saturated carbocycles. The van der Waals surface area contributed by atoms with Crippen molar-refractivity contribution in [1.29, 1.82) is 0 Å². The molecule has 0 radical (unpaired) electrons. The van der Waals surface area contributed by atoms with E-state index in [2.05, 4.69) is 15.2 Å². The van der Waals surface area contributed by atoms with Gasteiger partial charge < -0.3 is 9.32 Å². The molecule has 3 rings (SSSR count). The summed E-state index contributed by atoms with van der Waals surface area (Å²) in [5, 5.41) is 6.93. The first-order chi connectivity index (χ1) is 9.33. The van der Waals surface area contributed by atoms with Crippen LogP contribution < -0.4 is 0 Å². The second kappa shape index (κ2) is 5.26. The normalized spacial score (nSPS) is 19.6. The number of likely N-dealkylation sites (tertiary alicyclic amines) is 1. The summed E-state index contributed by atoms with van der Waals surface area (Å²) in [6.07, 6.45) is 7.62. The lowest BCUT2D eigenvalue weighted by atomic mass is 9.93. The molecule has 3 heterocycles. The monoisotopic (exact) mass is 260 g/mol. The Labute approximate surface area is 110 Å². The van der Waals surface area contributed by atoms with E-state index in [4.69, 9.17) is 4.42 Å². The molecule has 1 aliphatic heterocycles. The lowest BCUT2D eigenvalue weighted by molar-refractivity contribution is 0.0640. The number of carbonyl (C=O) groups excluding carboxylic acids is 1. The van der Waals surface area contributed by atoms with Gasteiger partial charge in [0.1, 0.15) is 0 Å². The van der Waals surface area contributed by atoms with E-state index < -0.39 is 0 Å². The highest BCUT2D eigenvalue weighted by Crippen LogP contribution is 2.21. The third-order valence-corrected chi connectivity index (χ3v) is 3.52. The molecule has 19 heavy (non-hydrogen) atoms. The molecule has 2 aromatic heterocycles. The molecule has 100 valence electrons. The fraction of sp³-hybridized carbons (Fsp3) is 0.462. The number of hydrogen-bond donors (Lipinski definition) is 1. The first-order valence-electron chi connectivity index (χ1n) is 6.49. The zero-order valence-electron chi connectivity index (χ0n) is 10.6. The van der Waals surface area contributed by atoms with Crippen LogP contribution in [0.1, 0.15) is 29.1 Å². The number of nitrogens with zero attached hydrogens (tertiary/aromatic N) is 3. The molecule has 1 saturated heterocycles. The maximum Gasteiger partial charge on any atom is 0.291 e. The van der Waals surface area contributed by atoms with Crippen LogP contribution >= 0.6 is 0 Å². The van der Waals surface area contributed by atoms with Crippen molar-refractivity contribution in [1.82, 2.24) is 20.1 Å². The van der Waals surface area contributed by atoms with Crippen LogP contribution in [0.15, 0.2) is 29.3 Å². The Kier molecular flexibility index (Phi) is 3.31. The maximum atomic E-state index is 12.2. The van der Waals surface area contributed by atoms with Gasteiger partial charge in [-0.2, -0.15) is 5.10 Å². The number of oxazole rings is 1. The molecule has 1 atom stereocenters. The Morgan fingerprint density at radius 3 is 3.26 bits per heavy atom. The standard InChI is InChI=1S/C13H16N4O2/c18-13(12-7-14-9-19-12)17-5-1-2-10(8-17)6-11-3-4-15-16-11/h3-4,7,9-10H,1-2,5-6,8H2,(H,15,16)/t10-/m0/s1. The summed E-state index contributed by atoms with van der Waals surface area (Å²) in [6, 6.07) is 1.98. The molecule has 1 fully saturated rings. The number of H-pyrrole nitrogens is 1. The van der Waals surface area contributed by atoms with Crippen molar-refractivity contribution in [3.8, 4) is 0 Å². The zero-order valence-corrected chi connectivity index (χ0v) is 10.6. The Balaban J connectivity index is 1.63. The van der Waals surface area contributed by atoms with Crippen LogP contribution in [0, 0.1) is 5.92 Å². The number of amides is 1. The summed E-state index contributed by atoms with van der Waals surface area (Å²) < 4.78 is 5.07. The molecule has 6 heteroatoms. The summed E-state index contributed by atoms with van der Waals surface area (Å²) in [5.41, 5.74) is 1.12. The van der Waals surface area contributed by atoms with Crippen molar-refractivity contribution in [3.05, 3.63) is 36.3 Å². The van der Waals surface area contributed by atoms with Gasteiger partial charge in [0.25, 0.3) is 5.91 Å². The second-order valence-corrected chi connectivity index (χ2v) is 4.91. The van der Waals surface area contributed by atoms with Gasteiger partial charge in [-0.1, -0.05) is 0 Å². The minimum Gasteiger partial charge on any atom is -0.438 e. The molecule has 6 nitrogen and oxygen atoms in total. The van der Waals surface area contributed by atoms with E-state index in [9.17, 15) is 4.79 Å². The van der Waals surface area contributed by atoms with Gasteiger partial charge in [-0.3, -0.25) is 9.89 Å². The summed E-state index contributed by atoms with van der Waals surface area (Å²) >= 11 is 0. The fourth-order valence-corrected chi connectivity index (χ4v) is 2.60. The number of aromatic amines is 1. The van der Waals surface area contributed by atoms with Crippen LogP contribution in [0.3, 0.4) is 0 Å². The number of rotatable bonds is 3. The Hall–Kier alpha value is -2.11. The van der Waals surface area contributed by atoms with Gasteiger partial charge in [0.15, 0.2) is 6.39 Å². The van der Waals surface area contributed by atoms with Crippen LogP contribution in [0.25, 0.3) is 0 Å². The summed E-state index contributed by atoms with van der Waals surface area (Å²) in [5.74, 6) is 0.732. The summed E-state index contributed by atoms with van der Waals surface area (Å²) in [7, 11) is 0. The van der Waals surface area contributed by atoms with Crippen LogP contribution in [0.5, 0.6) is 0 Å². The third-order valence-electron chi connectivity index (χ3n) is 3.52. The van der Waals surface area contributed by atoms with Gasteiger partial charge in [-0.25, -0.2) is 4.98 Å². The largest absolute Gasteiger partial charge is 0.438 e. The molecule has 1 aliphatic rings. The Morgan fingerprint density at radius 1 is 1.58 bits per heavy atom. The van der Waals surface area contributed by atoms with Crippen LogP contribution in [0.2, 0.25) is 0 Å². The van der Waals surface area contributed by atoms with E-state index in [0.29, 0.717) is 11.7 Å². The van der Waals surface area contributed by atoms with Crippen molar-refractivity contribution in [2.45, 2.75) is 19.3 Å². The Morgan fingerprint density at radius 2 is 2.53 bits per heavy atom.